The number of carbonyl (C=O) groups excluding carboxylic acids is 1. The Morgan fingerprint density at radius 3 is 2.38 bits per heavy atom. The molecule has 74 valence electrons. The van der Waals surface area contributed by atoms with Crippen LogP contribution in [0.4, 0.5) is 0 Å². The lowest BCUT2D eigenvalue weighted by Crippen LogP contribution is -1.92. The molecule has 0 aliphatic heterocycles. The molecule has 1 aromatic heterocycles. The van der Waals surface area contributed by atoms with Gasteiger partial charge >= 0.3 is 0 Å². The zero-order valence-corrected chi connectivity index (χ0v) is 9.69. The first kappa shape index (κ1) is 12.7. The lowest BCUT2D eigenvalue weighted by atomic mass is 10.4. The van der Waals surface area contributed by atoms with Gasteiger partial charge in [-0.25, -0.2) is 0 Å². The first-order valence-electron chi connectivity index (χ1n) is 3.83. The molecule has 1 rings (SSSR count). The zero-order valence-electron chi connectivity index (χ0n) is 7.98. The second-order valence-electron chi connectivity index (χ2n) is 2.49. The average molecular weight is 218 g/mol. The van der Waals surface area contributed by atoms with Crippen molar-refractivity contribution in [3.05, 3.63) is 17.9 Å². The van der Waals surface area contributed by atoms with Crippen LogP contribution >= 0.6 is 24.4 Å². The molecule has 0 saturated heterocycles. The minimum absolute atomic E-state index is 0.171. The second kappa shape index (κ2) is 7.09. The zero-order chi connectivity index (χ0) is 10.3. The number of aryl methyl sites for hydroxylation is 1. The molecule has 13 heavy (non-hydrogen) atoms. The van der Waals surface area contributed by atoms with Gasteiger partial charge in [0.1, 0.15) is 6.29 Å². The van der Waals surface area contributed by atoms with Gasteiger partial charge in [-0.05, 0) is 26.2 Å². The number of thioether (sulfide) groups is 1. The summed E-state index contributed by atoms with van der Waals surface area (Å²) < 4.78 is 4.83. The van der Waals surface area contributed by atoms with Gasteiger partial charge in [0.15, 0.2) is 5.09 Å². The summed E-state index contributed by atoms with van der Waals surface area (Å²) in [7, 11) is 0. The predicted octanol–water partition coefficient (Wildman–Crippen LogP) is 2.81. The van der Waals surface area contributed by atoms with E-state index in [2.05, 4.69) is 12.6 Å². The highest BCUT2D eigenvalue weighted by atomic mass is 32.2. The van der Waals surface area contributed by atoms with Crippen LogP contribution in [0.25, 0.3) is 0 Å². The summed E-state index contributed by atoms with van der Waals surface area (Å²) in [6.07, 6.45) is 4.47. The molecule has 0 N–H and O–H groups in total. The fourth-order valence-electron chi connectivity index (χ4n) is 0.420. The van der Waals surface area contributed by atoms with Crippen molar-refractivity contribution in [1.82, 2.24) is 0 Å². The molecule has 1 unspecified atom stereocenters. The Balaban J connectivity index is 0.000000226. The Kier molecular flexibility index (Phi) is 6.90. The van der Waals surface area contributed by atoms with E-state index < -0.39 is 0 Å². The van der Waals surface area contributed by atoms with Gasteiger partial charge in [-0.2, -0.15) is 11.8 Å². The quantitative estimate of drug-likeness (QED) is 0.611. The van der Waals surface area contributed by atoms with E-state index in [1.807, 2.05) is 26.2 Å². The highest BCUT2D eigenvalue weighted by Gasteiger charge is 1.90. The second-order valence-corrected chi connectivity index (χ2v) is 4.11. The monoisotopic (exact) mass is 218 g/mol. The van der Waals surface area contributed by atoms with Crippen LogP contribution in [0.15, 0.2) is 21.8 Å². The fraction of sp³-hybridized carbons (Fsp3) is 0.444. The number of thiol groups is 1. The first-order valence-corrected chi connectivity index (χ1v) is 5.56. The average Bonchev–Trinajstić information content (AvgIpc) is 2.51. The molecule has 0 spiro atoms. The first-order chi connectivity index (χ1) is 6.11. The Labute approximate surface area is 88.5 Å². The molecule has 1 atom stereocenters. The third-order valence-electron chi connectivity index (χ3n) is 1.40. The normalized spacial score (nSPS) is 11.4. The van der Waals surface area contributed by atoms with Crippen LogP contribution in [0.3, 0.4) is 0 Å². The highest BCUT2D eigenvalue weighted by molar-refractivity contribution is 7.99. The van der Waals surface area contributed by atoms with Crippen molar-refractivity contribution in [3.8, 4) is 0 Å². The van der Waals surface area contributed by atoms with Gasteiger partial charge in [-0.3, -0.25) is 0 Å². The van der Waals surface area contributed by atoms with Gasteiger partial charge < -0.3 is 9.21 Å². The number of furan rings is 1. The molecular weight excluding hydrogens is 204 g/mol. The third kappa shape index (κ3) is 5.82. The molecule has 2 nitrogen and oxygen atoms in total. The van der Waals surface area contributed by atoms with Crippen molar-refractivity contribution >= 4 is 30.7 Å². The Hall–Kier alpha value is -0.350. The number of carbonyl (C=O) groups is 1. The van der Waals surface area contributed by atoms with E-state index in [9.17, 15) is 4.79 Å². The van der Waals surface area contributed by atoms with E-state index in [1.54, 1.807) is 18.0 Å². The Morgan fingerprint density at radius 2 is 2.31 bits per heavy atom. The standard InChI is InChI=1S/C5H6OS.C4H8OS/c1-4-2-3-6-5(4)7;1-4(3-5)6-2/h2-3,7H,1H3;3-4H,1-2H3. The molecule has 0 aliphatic carbocycles. The number of aldehydes is 1. The summed E-state index contributed by atoms with van der Waals surface area (Å²) in [6, 6.07) is 1.88. The van der Waals surface area contributed by atoms with E-state index in [0.717, 1.165) is 11.8 Å². The van der Waals surface area contributed by atoms with Crippen molar-refractivity contribution in [2.24, 2.45) is 0 Å². The summed E-state index contributed by atoms with van der Waals surface area (Å²) in [4.78, 5) is 9.72. The maximum absolute atomic E-state index is 9.72. The SMILES string of the molecule is CSC(C)C=O.Cc1ccoc1S. The molecule has 1 heterocycles. The van der Waals surface area contributed by atoms with Crippen LogP contribution in [0.1, 0.15) is 12.5 Å². The Bertz CT molecular complexity index is 229. The predicted molar refractivity (Wildman–Crippen MR) is 59.7 cm³/mol. The molecule has 0 radical (unpaired) electrons. The number of rotatable bonds is 2. The van der Waals surface area contributed by atoms with E-state index in [-0.39, 0.29) is 5.25 Å². The van der Waals surface area contributed by atoms with Crippen LogP contribution in [-0.4, -0.2) is 17.8 Å². The maximum Gasteiger partial charge on any atom is 0.159 e. The van der Waals surface area contributed by atoms with Crippen LogP contribution in [0, 0.1) is 6.92 Å². The van der Waals surface area contributed by atoms with Crippen molar-refractivity contribution in [2.45, 2.75) is 24.2 Å². The number of hydrogen-bond acceptors (Lipinski definition) is 4. The summed E-state index contributed by atoms with van der Waals surface area (Å²) >= 11 is 5.54. The molecule has 1 aromatic rings. The molecular formula is C9H14O2S2. The molecule has 0 bridgehead atoms. The fourth-order valence-corrected chi connectivity index (χ4v) is 0.667. The summed E-state index contributed by atoms with van der Waals surface area (Å²) in [6.45, 7) is 3.82. The molecule has 0 fully saturated rings. The minimum Gasteiger partial charge on any atom is -0.458 e. The van der Waals surface area contributed by atoms with Gasteiger partial charge in [0.05, 0.1) is 11.5 Å². The van der Waals surface area contributed by atoms with Crippen molar-refractivity contribution in [1.29, 1.82) is 0 Å². The third-order valence-corrected chi connectivity index (χ3v) is 2.71. The van der Waals surface area contributed by atoms with Gasteiger partial charge in [0, 0.05) is 5.56 Å². The van der Waals surface area contributed by atoms with Crippen LogP contribution in [-0.2, 0) is 4.79 Å². The van der Waals surface area contributed by atoms with Gasteiger partial charge in [-0.1, -0.05) is 0 Å². The Morgan fingerprint density at radius 1 is 1.69 bits per heavy atom. The largest absolute Gasteiger partial charge is 0.458 e. The van der Waals surface area contributed by atoms with Crippen molar-refractivity contribution < 1.29 is 9.21 Å². The van der Waals surface area contributed by atoms with Gasteiger partial charge in [0.25, 0.3) is 0 Å². The molecule has 0 amide bonds. The lowest BCUT2D eigenvalue weighted by molar-refractivity contribution is -0.107. The van der Waals surface area contributed by atoms with E-state index in [4.69, 9.17) is 4.42 Å². The molecule has 0 aromatic carbocycles. The highest BCUT2D eigenvalue weighted by Crippen LogP contribution is 2.11. The molecule has 0 aliphatic rings. The van der Waals surface area contributed by atoms with Crippen LogP contribution in [0.2, 0.25) is 0 Å². The van der Waals surface area contributed by atoms with E-state index >= 15 is 0 Å². The van der Waals surface area contributed by atoms with Crippen LogP contribution in [0.5, 0.6) is 0 Å². The van der Waals surface area contributed by atoms with Crippen LogP contribution < -0.4 is 0 Å². The summed E-state index contributed by atoms with van der Waals surface area (Å²) in [5.41, 5.74) is 1.09. The summed E-state index contributed by atoms with van der Waals surface area (Å²) in [5, 5.41) is 0.880. The maximum atomic E-state index is 9.72. The summed E-state index contributed by atoms with van der Waals surface area (Å²) in [5.74, 6) is 0. The smallest absolute Gasteiger partial charge is 0.159 e. The van der Waals surface area contributed by atoms with Gasteiger partial charge in [0.2, 0.25) is 0 Å². The minimum atomic E-state index is 0.171. The molecule has 4 heteroatoms. The van der Waals surface area contributed by atoms with E-state index in [0.29, 0.717) is 5.09 Å². The molecule has 0 saturated carbocycles. The van der Waals surface area contributed by atoms with Crippen molar-refractivity contribution in [2.75, 3.05) is 6.26 Å². The van der Waals surface area contributed by atoms with Crippen molar-refractivity contribution in [3.63, 3.8) is 0 Å². The topological polar surface area (TPSA) is 30.2 Å². The van der Waals surface area contributed by atoms with E-state index in [1.165, 1.54) is 0 Å². The number of hydrogen-bond donors (Lipinski definition) is 1. The lowest BCUT2D eigenvalue weighted by Gasteiger charge is -1.89. The van der Waals surface area contributed by atoms with Gasteiger partial charge in [-0.15, -0.1) is 12.6 Å².